The number of anilines is 2. The first-order valence-electron chi connectivity index (χ1n) is 10.9. The van der Waals surface area contributed by atoms with Gasteiger partial charge < -0.3 is 20.3 Å². The summed E-state index contributed by atoms with van der Waals surface area (Å²) in [5.74, 6) is 0.951. The zero-order chi connectivity index (χ0) is 23.2. The minimum atomic E-state index is -0.417. The van der Waals surface area contributed by atoms with E-state index in [1.165, 1.54) is 18.6 Å². The van der Waals surface area contributed by atoms with E-state index in [1.807, 2.05) is 0 Å². The molecule has 10 heteroatoms. The number of likely N-dealkylation sites (tertiary alicyclic amines) is 1. The lowest BCUT2D eigenvalue weighted by Crippen LogP contribution is -2.23. The van der Waals surface area contributed by atoms with Crippen molar-refractivity contribution in [2.45, 2.75) is 17.3 Å². The fraction of sp³-hybridized carbons (Fsp3) is 0.435. The zero-order valence-corrected chi connectivity index (χ0v) is 20.4. The van der Waals surface area contributed by atoms with Gasteiger partial charge in [-0.05, 0) is 55.6 Å². The molecule has 2 heterocycles. The summed E-state index contributed by atoms with van der Waals surface area (Å²) < 4.78 is 20.4. The first-order valence-corrected chi connectivity index (χ1v) is 12.4. The lowest BCUT2D eigenvalue weighted by Gasteiger charge is -2.21. The molecule has 2 aromatic rings. The number of halogens is 2. The van der Waals surface area contributed by atoms with E-state index in [0.717, 1.165) is 25.2 Å². The van der Waals surface area contributed by atoms with Gasteiger partial charge in [0.1, 0.15) is 18.3 Å². The van der Waals surface area contributed by atoms with Gasteiger partial charge in [0.25, 0.3) is 0 Å². The molecule has 8 nitrogen and oxygen atoms in total. The molecule has 0 aromatic heterocycles. The second-order valence-electron chi connectivity index (χ2n) is 9.09. The van der Waals surface area contributed by atoms with Gasteiger partial charge in [-0.25, -0.2) is 9.38 Å². The Bertz CT molecular complexity index is 1140. The number of nitrogens with zero attached hydrogens (tertiary/aromatic N) is 3. The predicted molar refractivity (Wildman–Crippen MR) is 134 cm³/mol. The lowest BCUT2D eigenvalue weighted by molar-refractivity contribution is -0.385. The van der Waals surface area contributed by atoms with Gasteiger partial charge in [0.2, 0.25) is 0 Å². The summed E-state index contributed by atoms with van der Waals surface area (Å²) in [4.78, 5) is 18.2. The maximum absolute atomic E-state index is 13.9. The molecule has 174 valence electrons. The molecule has 2 unspecified atom stereocenters. The molecule has 5 rings (SSSR count). The third-order valence-corrected chi connectivity index (χ3v) is 7.71. The van der Waals surface area contributed by atoms with Crippen LogP contribution >= 0.6 is 22.6 Å². The molecule has 2 aromatic carbocycles. The van der Waals surface area contributed by atoms with Crippen molar-refractivity contribution < 1.29 is 14.1 Å². The van der Waals surface area contributed by atoms with E-state index in [9.17, 15) is 14.5 Å². The Morgan fingerprint density at radius 3 is 3.00 bits per heavy atom. The van der Waals surface area contributed by atoms with Crippen molar-refractivity contribution in [3.05, 3.63) is 57.4 Å². The number of nitro groups is 1. The fourth-order valence-electron chi connectivity index (χ4n) is 4.92. The SMILES string of the molecule is CN1CCC2(CC2COc2cc3c(cc2[N+](=O)[O-])C(Nc2ccc(F)c(CI)c2)=NCN3)C1. The summed E-state index contributed by atoms with van der Waals surface area (Å²) in [5, 5.41) is 18.2. The summed E-state index contributed by atoms with van der Waals surface area (Å²) >= 11 is 2.11. The molecule has 1 saturated carbocycles. The Balaban J connectivity index is 1.36. The van der Waals surface area contributed by atoms with Crippen LogP contribution in [0.4, 0.5) is 21.5 Å². The van der Waals surface area contributed by atoms with Crippen molar-refractivity contribution in [2.75, 3.05) is 44.0 Å². The van der Waals surface area contributed by atoms with Crippen molar-refractivity contribution in [1.29, 1.82) is 0 Å². The van der Waals surface area contributed by atoms with E-state index in [2.05, 4.69) is 50.2 Å². The Morgan fingerprint density at radius 1 is 1.42 bits per heavy atom. The molecule has 0 radical (unpaired) electrons. The second-order valence-corrected chi connectivity index (χ2v) is 9.85. The van der Waals surface area contributed by atoms with Crippen LogP contribution in [0.15, 0.2) is 35.3 Å². The summed E-state index contributed by atoms with van der Waals surface area (Å²) in [6.45, 7) is 2.98. The van der Waals surface area contributed by atoms with Gasteiger partial charge in [-0.15, -0.1) is 0 Å². The van der Waals surface area contributed by atoms with E-state index in [-0.39, 0.29) is 17.3 Å². The molecule has 2 aliphatic heterocycles. The van der Waals surface area contributed by atoms with E-state index in [1.54, 1.807) is 18.2 Å². The van der Waals surface area contributed by atoms with Crippen LogP contribution < -0.4 is 15.4 Å². The molecule has 1 spiro atoms. The lowest BCUT2D eigenvalue weighted by atomic mass is 10.0. The quantitative estimate of drug-likeness (QED) is 0.230. The molecule has 2 atom stereocenters. The van der Waals surface area contributed by atoms with Crippen LogP contribution in [0.5, 0.6) is 5.75 Å². The first kappa shape index (κ1) is 22.3. The number of fused-ring (bicyclic) bond motifs is 1. The first-order chi connectivity index (χ1) is 15.9. The van der Waals surface area contributed by atoms with Crippen molar-refractivity contribution in [1.82, 2.24) is 4.90 Å². The molecular formula is C23H25FIN5O3. The minimum Gasteiger partial charge on any atom is -0.486 e. The molecule has 2 fully saturated rings. The highest BCUT2D eigenvalue weighted by atomic mass is 127. The summed E-state index contributed by atoms with van der Waals surface area (Å²) in [6.07, 6.45) is 2.28. The number of benzene rings is 2. The van der Waals surface area contributed by atoms with E-state index in [0.29, 0.717) is 51.7 Å². The predicted octanol–water partition coefficient (Wildman–Crippen LogP) is 4.63. The number of nitro benzene ring substituents is 1. The number of ether oxygens (including phenoxy) is 1. The van der Waals surface area contributed by atoms with Crippen LogP contribution in [0.25, 0.3) is 0 Å². The van der Waals surface area contributed by atoms with Gasteiger partial charge in [0, 0.05) is 40.3 Å². The molecular weight excluding hydrogens is 540 g/mol. The Morgan fingerprint density at radius 2 is 2.27 bits per heavy atom. The third kappa shape index (κ3) is 4.37. The Labute approximate surface area is 204 Å². The van der Waals surface area contributed by atoms with Crippen molar-refractivity contribution >= 4 is 45.5 Å². The Hall–Kier alpha value is -2.47. The van der Waals surface area contributed by atoms with Gasteiger partial charge in [0.15, 0.2) is 5.75 Å². The number of aliphatic imine (C=N–C) groups is 1. The third-order valence-electron chi connectivity index (χ3n) is 6.89. The highest BCUT2D eigenvalue weighted by Crippen LogP contribution is 2.58. The van der Waals surface area contributed by atoms with Crippen LogP contribution in [-0.4, -0.2) is 49.1 Å². The summed E-state index contributed by atoms with van der Waals surface area (Å²) in [6, 6.07) is 7.96. The largest absolute Gasteiger partial charge is 0.486 e. The highest BCUT2D eigenvalue weighted by Gasteiger charge is 2.56. The molecule has 33 heavy (non-hydrogen) atoms. The number of hydrogen-bond acceptors (Lipinski definition) is 7. The highest BCUT2D eigenvalue weighted by molar-refractivity contribution is 14.1. The van der Waals surface area contributed by atoms with Crippen LogP contribution in [0.3, 0.4) is 0 Å². The molecule has 1 saturated heterocycles. The topological polar surface area (TPSA) is 92.0 Å². The van der Waals surface area contributed by atoms with Crippen LogP contribution in [0, 0.1) is 27.3 Å². The van der Waals surface area contributed by atoms with Crippen LogP contribution in [0.1, 0.15) is 24.0 Å². The Kier molecular flexibility index (Phi) is 5.89. The van der Waals surface area contributed by atoms with Crippen molar-refractivity contribution in [3.63, 3.8) is 0 Å². The van der Waals surface area contributed by atoms with Gasteiger partial charge in [0.05, 0.1) is 17.2 Å². The molecule has 3 aliphatic rings. The second kappa shape index (κ2) is 8.71. The molecule has 2 N–H and O–H groups in total. The average Bonchev–Trinajstić information content (AvgIpc) is 3.34. The maximum Gasteiger partial charge on any atom is 0.311 e. The van der Waals surface area contributed by atoms with E-state index < -0.39 is 4.92 Å². The van der Waals surface area contributed by atoms with E-state index >= 15 is 0 Å². The number of alkyl halides is 1. The molecule has 0 amide bonds. The summed E-state index contributed by atoms with van der Waals surface area (Å²) in [7, 11) is 2.13. The summed E-state index contributed by atoms with van der Waals surface area (Å²) in [5.41, 5.74) is 2.80. The maximum atomic E-state index is 13.9. The zero-order valence-electron chi connectivity index (χ0n) is 18.2. The number of nitrogens with one attached hydrogen (secondary N) is 2. The fourth-order valence-corrected chi connectivity index (χ4v) is 5.51. The van der Waals surface area contributed by atoms with Gasteiger partial charge in [-0.1, -0.05) is 22.6 Å². The van der Waals surface area contributed by atoms with Crippen LogP contribution in [-0.2, 0) is 4.43 Å². The normalized spacial score (nSPS) is 23.6. The standard InChI is InChI=1S/C23H25FIN5O3/c1-29-5-4-23(12-29)9-15(23)11-33-21-8-19-17(7-20(21)30(31)32)22(27-13-26-19)28-16-2-3-18(24)14(6-16)10-25/h2-3,6-8,15,26H,4-5,9-13H2,1H3,(H,27,28). The van der Waals surface area contributed by atoms with E-state index in [4.69, 9.17) is 4.74 Å². The monoisotopic (exact) mass is 565 g/mol. The molecule has 0 bridgehead atoms. The van der Waals surface area contributed by atoms with Crippen LogP contribution in [0.2, 0.25) is 0 Å². The van der Waals surface area contributed by atoms with Gasteiger partial charge in [-0.3, -0.25) is 10.1 Å². The molecule has 1 aliphatic carbocycles. The van der Waals surface area contributed by atoms with Gasteiger partial charge in [-0.2, -0.15) is 0 Å². The van der Waals surface area contributed by atoms with Gasteiger partial charge >= 0.3 is 5.69 Å². The number of rotatable bonds is 6. The number of amidine groups is 1. The smallest absolute Gasteiger partial charge is 0.311 e. The number of hydrogen-bond donors (Lipinski definition) is 2. The average molecular weight is 565 g/mol. The van der Waals surface area contributed by atoms with Crippen molar-refractivity contribution in [3.8, 4) is 5.75 Å². The minimum absolute atomic E-state index is 0.0859. The van der Waals surface area contributed by atoms with Crippen molar-refractivity contribution in [2.24, 2.45) is 16.3 Å².